The molecule has 2 N–H and O–H groups in total. The zero-order chi connectivity index (χ0) is 12.8. The monoisotopic (exact) mass is 241 g/mol. The Bertz CT molecular complexity index is 328. The molecule has 2 rings (SSSR count). The molecule has 5 nitrogen and oxygen atoms in total. The van der Waals surface area contributed by atoms with Crippen molar-refractivity contribution in [2.24, 2.45) is 5.92 Å². The molecule has 1 saturated carbocycles. The lowest BCUT2D eigenvalue weighted by Gasteiger charge is -2.32. The first-order chi connectivity index (χ1) is 7.74. The summed E-state index contributed by atoms with van der Waals surface area (Å²) in [5.41, 5.74) is -0.480. The fraction of sp³-hybridized carbons (Fsp3) is 0.909. The minimum atomic E-state index is -1.26. The van der Waals surface area contributed by atoms with Crippen LogP contribution in [0.5, 0.6) is 0 Å². The maximum absolute atomic E-state index is 11.8. The van der Waals surface area contributed by atoms with E-state index < -0.39 is 12.7 Å². The van der Waals surface area contributed by atoms with Crippen LogP contribution in [-0.2, 0) is 4.74 Å². The highest BCUT2D eigenvalue weighted by atomic mass is 16.6. The summed E-state index contributed by atoms with van der Waals surface area (Å²) in [5.74, 6) is 0.212. The molecular formula is C11H20BNO4. The average Bonchev–Trinajstić information content (AvgIpc) is 2.88. The van der Waals surface area contributed by atoms with Crippen molar-refractivity contribution in [1.82, 2.24) is 4.90 Å². The molecule has 17 heavy (non-hydrogen) atoms. The van der Waals surface area contributed by atoms with Crippen LogP contribution < -0.4 is 0 Å². The van der Waals surface area contributed by atoms with Crippen LogP contribution in [0.15, 0.2) is 0 Å². The number of hydrogen-bond acceptors (Lipinski definition) is 4. The van der Waals surface area contributed by atoms with Crippen LogP contribution >= 0.6 is 0 Å². The summed E-state index contributed by atoms with van der Waals surface area (Å²) in [6, 6.07) is 0. The fourth-order valence-corrected chi connectivity index (χ4v) is 2.59. The van der Waals surface area contributed by atoms with Gasteiger partial charge in [-0.15, -0.1) is 0 Å². The molecule has 2 atom stereocenters. The third kappa shape index (κ3) is 2.42. The summed E-state index contributed by atoms with van der Waals surface area (Å²) in [5, 5.41) is 18.3. The first-order valence-corrected chi connectivity index (χ1v) is 6.09. The first kappa shape index (κ1) is 12.7. The summed E-state index contributed by atoms with van der Waals surface area (Å²) in [7, 11) is -1.26. The number of hydrogen-bond donors (Lipinski definition) is 2. The van der Waals surface area contributed by atoms with Gasteiger partial charge in [-0.1, -0.05) is 0 Å². The van der Waals surface area contributed by atoms with Crippen LogP contribution in [-0.4, -0.2) is 46.9 Å². The fourth-order valence-electron chi connectivity index (χ4n) is 2.59. The third-order valence-electron chi connectivity index (χ3n) is 3.73. The Balaban J connectivity index is 1.90. The van der Waals surface area contributed by atoms with E-state index >= 15 is 0 Å². The third-order valence-corrected chi connectivity index (χ3v) is 3.73. The van der Waals surface area contributed by atoms with Crippen LogP contribution in [0.1, 0.15) is 33.6 Å². The van der Waals surface area contributed by atoms with Crippen molar-refractivity contribution in [3.05, 3.63) is 0 Å². The van der Waals surface area contributed by atoms with E-state index in [1.54, 1.807) is 4.90 Å². The normalized spacial score (nSPS) is 31.8. The van der Waals surface area contributed by atoms with Gasteiger partial charge in [0.05, 0.1) is 0 Å². The maximum atomic E-state index is 11.8. The van der Waals surface area contributed by atoms with Gasteiger partial charge in [0.15, 0.2) is 0 Å². The summed E-state index contributed by atoms with van der Waals surface area (Å²) < 4.78 is 5.30. The van der Waals surface area contributed by atoms with Crippen molar-refractivity contribution in [2.45, 2.75) is 44.5 Å². The molecule has 0 aromatic carbocycles. The van der Waals surface area contributed by atoms with Crippen LogP contribution in [0.4, 0.5) is 4.79 Å². The Labute approximate surface area is 102 Å². The Morgan fingerprint density at radius 3 is 2.59 bits per heavy atom. The molecule has 96 valence electrons. The largest absolute Gasteiger partial charge is 0.458 e. The van der Waals surface area contributed by atoms with E-state index in [4.69, 9.17) is 4.74 Å². The van der Waals surface area contributed by atoms with Gasteiger partial charge < -0.3 is 19.7 Å². The Hall–Kier alpha value is -0.745. The highest BCUT2D eigenvalue weighted by molar-refractivity contribution is 6.47. The second-order valence-corrected chi connectivity index (χ2v) is 6.18. The molecule has 0 bridgehead atoms. The molecule has 6 heteroatoms. The van der Waals surface area contributed by atoms with E-state index in [9.17, 15) is 14.8 Å². The van der Waals surface area contributed by atoms with E-state index in [0.717, 1.165) is 6.42 Å². The van der Waals surface area contributed by atoms with Gasteiger partial charge in [0.1, 0.15) is 5.60 Å². The molecule has 2 fully saturated rings. The Morgan fingerprint density at radius 1 is 1.47 bits per heavy atom. The average molecular weight is 241 g/mol. The number of amides is 1. The van der Waals surface area contributed by atoms with Crippen LogP contribution in [0.25, 0.3) is 0 Å². The lowest BCUT2D eigenvalue weighted by Crippen LogP contribution is -2.43. The van der Waals surface area contributed by atoms with Gasteiger partial charge in [0, 0.05) is 18.4 Å². The number of nitrogens with zero attached hydrogens (tertiary/aromatic N) is 1. The number of ether oxygens (including phenoxy) is 1. The van der Waals surface area contributed by atoms with E-state index in [-0.39, 0.29) is 17.3 Å². The van der Waals surface area contributed by atoms with Gasteiger partial charge in [-0.25, -0.2) is 4.79 Å². The quantitative estimate of drug-likeness (QED) is 0.668. The standard InChI is InChI=1S/C11H20BNO4/c1-10(2,3)17-9(14)13-5-4-11(12(15)16)6-8(11)7-13/h8,15-16H,4-7H2,1-3H3/t8-,11+/m1/s1. The van der Waals surface area contributed by atoms with Crippen molar-refractivity contribution >= 4 is 13.2 Å². The lowest BCUT2D eigenvalue weighted by molar-refractivity contribution is 0.0204. The smallest absolute Gasteiger partial charge is 0.444 e. The first-order valence-electron chi connectivity index (χ1n) is 6.09. The summed E-state index contributed by atoms with van der Waals surface area (Å²) in [6.45, 7) is 6.64. The molecule has 1 aliphatic heterocycles. The van der Waals surface area contributed by atoms with E-state index in [1.165, 1.54) is 0 Å². The van der Waals surface area contributed by atoms with E-state index in [2.05, 4.69) is 0 Å². The second-order valence-electron chi connectivity index (χ2n) is 6.18. The predicted octanol–water partition coefficient (Wildman–Crippen LogP) is 0.860. The Kier molecular flexibility index (Phi) is 2.90. The minimum absolute atomic E-state index is 0.212. The molecule has 1 heterocycles. The molecule has 2 aliphatic rings. The highest BCUT2D eigenvalue weighted by Crippen LogP contribution is 2.65. The maximum Gasteiger partial charge on any atom is 0.458 e. The molecule has 0 aromatic heterocycles. The molecular weight excluding hydrogens is 221 g/mol. The number of carbonyl (C=O) groups is 1. The zero-order valence-corrected chi connectivity index (χ0v) is 10.6. The molecule has 1 saturated heterocycles. The number of carbonyl (C=O) groups excluding carboxylic acids is 1. The molecule has 1 aliphatic carbocycles. The van der Waals surface area contributed by atoms with Crippen molar-refractivity contribution < 1.29 is 19.6 Å². The highest BCUT2D eigenvalue weighted by Gasteiger charge is 2.63. The number of fused-ring (bicyclic) bond motifs is 1. The van der Waals surface area contributed by atoms with Gasteiger partial charge in [0.25, 0.3) is 0 Å². The second kappa shape index (κ2) is 3.88. The van der Waals surface area contributed by atoms with E-state index in [0.29, 0.717) is 19.5 Å². The van der Waals surface area contributed by atoms with E-state index in [1.807, 2.05) is 20.8 Å². The zero-order valence-electron chi connectivity index (χ0n) is 10.6. The predicted molar refractivity (Wildman–Crippen MR) is 63.4 cm³/mol. The number of rotatable bonds is 1. The van der Waals surface area contributed by atoms with Crippen LogP contribution in [0.2, 0.25) is 5.31 Å². The van der Waals surface area contributed by atoms with Gasteiger partial charge in [-0.3, -0.25) is 0 Å². The summed E-state index contributed by atoms with van der Waals surface area (Å²) in [6.07, 6.45) is 1.14. The summed E-state index contributed by atoms with van der Waals surface area (Å²) >= 11 is 0. The van der Waals surface area contributed by atoms with Crippen molar-refractivity contribution in [3.8, 4) is 0 Å². The molecule has 0 unspecified atom stereocenters. The lowest BCUT2D eigenvalue weighted by atomic mass is 9.64. The van der Waals surface area contributed by atoms with Gasteiger partial charge >= 0.3 is 13.2 Å². The summed E-state index contributed by atoms with van der Waals surface area (Å²) in [4.78, 5) is 13.5. The number of piperidine rings is 1. The molecule has 0 spiro atoms. The van der Waals surface area contributed by atoms with Crippen molar-refractivity contribution in [2.75, 3.05) is 13.1 Å². The SMILES string of the molecule is CC(C)(C)OC(=O)N1CC[C@]2(B(O)O)C[C@@H]2C1. The van der Waals surface area contributed by atoms with Gasteiger partial charge in [-0.05, 0) is 39.5 Å². The van der Waals surface area contributed by atoms with Crippen molar-refractivity contribution in [1.29, 1.82) is 0 Å². The van der Waals surface area contributed by atoms with Crippen LogP contribution in [0.3, 0.4) is 0 Å². The van der Waals surface area contributed by atoms with Crippen LogP contribution in [0, 0.1) is 5.92 Å². The molecule has 0 radical (unpaired) electrons. The topological polar surface area (TPSA) is 70.0 Å². The Morgan fingerprint density at radius 2 is 2.12 bits per heavy atom. The molecule has 0 aromatic rings. The van der Waals surface area contributed by atoms with Gasteiger partial charge in [0.2, 0.25) is 0 Å². The minimum Gasteiger partial charge on any atom is -0.444 e. The van der Waals surface area contributed by atoms with Gasteiger partial charge in [-0.2, -0.15) is 0 Å². The van der Waals surface area contributed by atoms with Crippen molar-refractivity contribution in [3.63, 3.8) is 0 Å². The molecule has 1 amide bonds. The number of likely N-dealkylation sites (tertiary alicyclic amines) is 1.